The SMILES string of the molecule is c1ccc2c(c1)-c1ccc3ccccc3c1C21c2ccccc2-c2c(-c3cccc4c3Sc3cccc5cccc-4c35)cccc21. The average Bonchev–Trinajstić information content (AvgIpc) is 3.59. The first-order valence-corrected chi connectivity index (χ1v) is 16.8. The zero-order chi connectivity index (χ0) is 30.0. The Labute approximate surface area is 272 Å². The second-order valence-corrected chi connectivity index (χ2v) is 13.8. The minimum absolute atomic E-state index is 0.394. The lowest BCUT2D eigenvalue weighted by atomic mass is 9.69. The second kappa shape index (κ2) is 8.88. The standard InChI is InChI=1S/C45H26S/c1-2-14-29-27(11-1)25-26-33-30-15-3-5-21-37(30)45(43(29)33)38-22-6-4-16-36(38)42-32(18-10-23-39(42)45)35-20-9-19-34-31-17-7-12-28-13-8-24-40(41(28)31)46-44(34)35/h1-26H. The Kier molecular flexibility index (Phi) is 4.80. The van der Waals surface area contributed by atoms with Crippen molar-refractivity contribution in [2.75, 3.05) is 0 Å². The van der Waals surface area contributed by atoms with Gasteiger partial charge in [0.05, 0.1) is 5.41 Å². The van der Waals surface area contributed by atoms with Crippen LogP contribution in [0.15, 0.2) is 168 Å². The van der Waals surface area contributed by atoms with E-state index in [1.165, 1.54) is 98.1 Å². The largest absolute Gasteiger partial charge is 0.0881 e. The summed E-state index contributed by atoms with van der Waals surface area (Å²) >= 11 is 1.93. The molecule has 0 saturated heterocycles. The molecule has 46 heavy (non-hydrogen) atoms. The molecule has 1 spiro atoms. The summed E-state index contributed by atoms with van der Waals surface area (Å²) in [7, 11) is 0. The van der Waals surface area contributed by atoms with Crippen LogP contribution in [0.2, 0.25) is 0 Å². The van der Waals surface area contributed by atoms with Gasteiger partial charge in [-0.05, 0) is 89.0 Å². The van der Waals surface area contributed by atoms with E-state index in [4.69, 9.17) is 0 Å². The lowest BCUT2D eigenvalue weighted by molar-refractivity contribution is 0.801. The zero-order valence-corrected chi connectivity index (χ0v) is 25.7. The first-order chi connectivity index (χ1) is 22.8. The van der Waals surface area contributed by atoms with Gasteiger partial charge in [-0.2, -0.15) is 0 Å². The van der Waals surface area contributed by atoms with Gasteiger partial charge in [0.1, 0.15) is 0 Å². The molecule has 8 aromatic carbocycles. The highest BCUT2D eigenvalue weighted by atomic mass is 32.2. The minimum atomic E-state index is -0.394. The van der Waals surface area contributed by atoms with Gasteiger partial charge in [0.15, 0.2) is 0 Å². The van der Waals surface area contributed by atoms with E-state index in [9.17, 15) is 0 Å². The summed E-state index contributed by atoms with van der Waals surface area (Å²) in [4.78, 5) is 2.68. The normalized spacial score (nSPS) is 16.3. The van der Waals surface area contributed by atoms with E-state index < -0.39 is 5.41 Å². The molecule has 1 unspecified atom stereocenters. The third-order valence-electron chi connectivity index (χ3n) is 10.7. The minimum Gasteiger partial charge on any atom is -0.0881 e. The van der Waals surface area contributed by atoms with Crippen molar-refractivity contribution in [3.8, 4) is 44.5 Å². The predicted molar refractivity (Wildman–Crippen MR) is 193 cm³/mol. The molecule has 1 aliphatic heterocycles. The highest BCUT2D eigenvalue weighted by Gasteiger charge is 2.52. The van der Waals surface area contributed by atoms with Gasteiger partial charge in [-0.25, -0.2) is 0 Å². The van der Waals surface area contributed by atoms with Crippen LogP contribution in [0.1, 0.15) is 22.3 Å². The van der Waals surface area contributed by atoms with Crippen LogP contribution < -0.4 is 0 Å². The molecule has 1 heteroatoms. The van der Waals surface area contributed by atoms with Crippen molar-refractivity contribution in [2.24, 2.45) is 0 Å². The Hall–Kier alpha value is -5.37. The van der Waals surface area contributed by atoms with Gasteiger partial charge in [0.25, 0.3) is 0 Å². The highest BCUT2D eigenvalue weighted by molar-refractivity contribution is 8.00. The zero-order valence-electron chi connectivity index (χ0n) is 24.9. The summed E-state index contributed by atoms with van der Waals surface area (Å²) in [6, 6.07) is 59.3. The summed E-state index contributed by atoms with van der Waals surface area (Å²) in [5.41, 5.74) is 15.8. The smallest absolute Gasteiger partial charge is 0.0731 e. The molecule has 11 rings (SSSR count). The van der Waals surface area contributed by atoms with Crippen molar-refractivity contribution in [1.29, 1.82) is 0 Å². The monoisotopic (exact) mass is 598 g/mol. The Balaban J connectivity index is 1.26. The van der Waals surface area contributed by atoms with Crippen molar-refractivity contribution >= 4 is 33.3 Å². The molecule has 0 fully saturated rings. The first-order valence-electron chi connectivity index (χ1n) is 16.0. The van der Waals surface area contributed by atoms with Crippen molar-refractivity contribution in [3.63, 3.8) is 0 Å². The molecule has 212 valence electrons. The van der Waals surface area contributed by atoms with E-state index in [1.807, 2.05) is 11.8 Å². The van der Waals surface area contributed by atoms with Gasteiger partial charge >= 0.3 is 0 Å². The van der Waals surface area contributed by atoms with Gasteiger partial charge in [0.2, 0.25) is 0 Å². The maximum atomic E-state index is 2.41. The van der Waals surface area contributed by atoms with Crippen LogP contribution in [0, 0.1) is 0 Å². The molecule has 0 aromatic heterocycles. The highest BCUT2D eigenvalue weighted by Crippen LogP contribution is 2.65. The molecule has 1 heterocycles. The van der Waals surface area contributed by atoms with Crippen LogP contribution in [0.5, 0.6) is 0 Å². The molecule has 3 aliphatic rings. The summed E-state index contributed by atoms with van der Waals surface area (Å²) in [6.07, 6.45) is 0. The van der Waals surface area contributed by atoms with Crippen molar-refractivity contribution in [3.05, 3.63) is 180 Å². The van der Waals surface area contributed by atoms with E-state index in [1.54, 1.807) is 0 Å². The Morgan fingerprint density at radius 3 is 1.85 bits per heavy atom. The topological polar surface area (TPSA) is 0 Å². The lowest BCUT2D eigenvalue weighted by Crippen LogP contribution is -2.26. The van der Waals surface area contributed by atoms with Crippen LogP contribution in [0.3, 0.4) is 0 Å². The molecule has 0 bridgehead atoms. The summed E-state index contributed by atoms with van der Waals surface area (Å²) in [5, 5.41) is 5.30. The maximum absolute atomic E-state index is 2.41. The molecule has 0 saturated carbocycles. The van der Waals surface area contributed by atoms with E-state index in [-0.39, 0.29) is 0 Å². The maximum Gasteiger partial charge on any atom is 0.0731 e. The summed E-state index contributed by atoms with van der Waals surface area (Å²) in [5.74, 6) is 0. The predicted octanol–water partition coefficient (Wildman–Crippen LogP) is 12.1. The molecule has 1 atom stereocenters. The second-order valence-electron chi connectivity index (χ2n) is 12.7. The fourth-order valence-electron chi connectivity index (χ4n) is 8.99. The molecule has 0 radical (unpaired) electrons. The molecule has 0 amide bonds. The Morgan fingerprint density at radius 1 is 0.370 bits per heavy atom. The number of hydrogen-bond acceptors (Lipinski definition) is 1. The third kappa shape index (κ3) is 2.93. The Bertz CT molecular complexity index is 2620. The average molecular weight is 599 g/mol. The Morgan fingerprint density at radius 2 is 0.957 bits per heavy atom. The van der Waals surface area contributed by atoms with Gasteiger partial charge in [-0.3, -0.25) is 0 Å². The third-order valence-corrected chi connectivity index (χ3v) is 11.9. The van der Waals surface area contributed by atoms with Crippen LogP contribution in [-0.4, -0.2) is 0 Å². The van der Waals surface area contributed by atoms with E-state index in [0.29, 0.717) is 0 Å². The fourth-order valence-corrected chi connectivity index (χ4v) is 10.3. The van der Waals surface area contributed by atoms with Crippen molar-refractivity contribution in [2.45, 2.75) is 15.2 Å². The van der Waals surface area contributed by atoms with Crippen LogP contribution >= 0.6 is 11.8 Å². The summed E-state index contributed by atoms with van der Waals surface area (Å²) < 4.78 is 0. The lowest BCUT2D eigenvalue weighted by Gasteiger charge is -2.31. The van der Waals surface area contributed by atoms with Crippen LogP contribution in [-0.2, 0) is 5.41 Å². The molecular weight excluding hydrogens is 573 g/mol. The van der Waals surface area contributed by atoms with Crippen molar-refractivity contribution < 1.29 is 0 Å². The van der Waals surface area contributed by atoms with E-state index in [2.05, 4.69) is 158 Å². The van der Waals surface area contributed by atoms with E-state index >= 15 is 0 Å². The van der Waals surface area contributed by atoms with Gasteiger partial charge < -0.3 is 0 Å². The van der Waals surface area contributed by atoms with Gasteiger partial charge in [0, 0.05) is 15.2 Å². The molecule has 0 nitrogen and oxygen atoms in total. The van der Waals surface area contributed by atoms with Crippen LogP contribution in [0.4, 0.5) is 0 Å². The molecule has 2 aliphatic carbocycles. The van der Waals surface area contributed by atoms with E-state index in [0.717, 1.165) is 0 Å². The number of fused-ring (bicyclic) bond motifs is 14. The molecular formula is C45H26S. The number of rotatable bonds is 1. The number of hydrogen-bond donors (Lipinski definition) is 0. The fraction of sp³-hybridized carbons (Fsp3) is 0.0222. The van der Waals surface area contributed by atoms with Gasteiger partial charge in [-0.1, -0.05) is 163 Å². The van der Waals surface area contributed by atoms with Gasteiger partial charge in [-0.15, -0.1) is 0 Å². The summed E-state index contributed by atoms with van der Waals surface area (Å²) in [6.45, 7) is 0. The first kappa shape index (κ1) is 24.9. The number of benzene rings is 8. The van der Waals surface area contributed by atoms with Crippen molar-refractivity contribution in [1.82, 2.24) is 0 Å². The molecule has 8 aromatic rings. The quantitative estimate of drug-likeness (QED) is 0.181. The van der Waals surface area contributed by atoms with Crippen LogP contribution in [0.25, 0.3) is 66.1 Å². The molecule has 0 N–H and O–H groups in total.